The molecule has 4 nitrogen and oxygen atoms in total. The maximum atomic E-state index is 11.8. The van der Waals surface area contributed by atoms with Crippen molar-refractivity contribution in [3.63, 3.8) is 0 Å². The number of benzene rings is 1. The van der Waals surface area contributed by atoms with Gasteiger partial charge in [0.05, 0.1) is 10.6 Å². The van der Waals surface area contributed by atoms with Crippen LogP contribution < -0.4 is 5.32 Å². The zero-order valence-corrected chi connectivity index (χ0v) is 12.9. The van der Waals surface area contributed by atoms with Crippen molar-refractivity contribution in [2.75, 3.05) is 18.2 Å². The Labute approximate surface area is 121 Å². The van der Waals surface area contributed by atoms with Gasteiger partial charge in [-0.05, 0) is 34.5 Å². The van der Waals surface area contributed by atoms with E-state index in [1.165, 1.54) is 6.26 Å². The molecule has 1 aliphatic carbocycles. The van der Waals surface area contributed by atoms with Crippen molar-refractivity contribution < 1.29 is 13.5 Å². The van der Waals surface area contributed by atoms with Crippen molar-refractivity contribution >= 4 is 31.5 Å². The third kappa shape index (κ3) is 3.38. The fraction of sp³-hybridized carbons (Fsp3) is 0.385. The Kier molecular flexibility index (Phi) is 4.32. The van der Waals surface area contributed by atoms with Crippen LogP contribution in [0, 0.1) is 5.92 Å². The van der Waals surface area contributed by atoms with E-state index in [0.29, 0.717) is 5.69 Å². The van der Waals surface area contributed by atoms with Crippen LogP contribution in [0.3, 0.4) is 0 Å². The average molecular weight is 346 g/mol. The Morgan fingerprint density at radius 2 is 2.16 bits per heavy atom. The van der Waals surface area contributed by atoms with Crippen molar-refractivity contribution in [2.45, 2.75) is 17.4 Å². The average Bonchev–Trinajstić information content (AvgIpc) is 2.78. The Hall–Kier alpha value is -0.850. The van der Waals surface area contributed by atoms with Gasteiger partial charge in [0.15, 0.2) is 9.84 Å². The second kappa shape index (κ2) is 5.64. The van der Waals surface area contributed by atoms with E-state index in [-0.39, 0.29) is 23.5 Å². The minimum absolute atomic E-state index is 0.0383. The molecule has 0 bridgehead atoms. The summed E-state index contributed by atoms with van der Waals surface area (Å²) in [4.78, 5) is 0.280. The van der Waals surface area contributed by atoms with Crippen LogP contribution in [0.2, 0.25) is 0 Å². The van der Waals surface area contributed by atoms with Gasteiger partial charge in [-0.3, -0.25) is 0 Å². The Balaban J connectivity index is 2.28. The van der Waals surface area contributed by atoms with E-state index < -0.39 is 9.84 Å². The van der Waals surface area contributed by atoms with Crippen LogP contribution in [-0.2, 0) is 9.84 Å². The van der Waals surface area contributed by atoms with Crippen LogP contribution in [0.15, 0.2) is 39.7 Å². The van der Waals surface area contributed by atoms with Gasteiger partial charge in [-0.15, -0.1) is 0 Å². The lowest BCUT2D eigenvalue weighted by molar-refractivity contribution is 0.250. The third-order valence-electron chi connectivity index (χ3n) is 3.11. The summed E-state index contributed by atoms with van der Waals surface area (Å²) in [6.07, 6.45) is 5.88. The zero-order chi connectivity index (χ0) is 14.0. The molecule has 0 spiro atoms. The molecule has 0 saturated carbocycles. The Morgan fingerprint density at radius 3 is 2.74 bits per heavy atom. The molecule has 1 aliphatic rings. The highest BCUT2D eigenvalue weighted by molar-refractivity contribution is 9.10. The standard InChI is InChI=1S/C13H16BrNO3S/c1-19(17,18)12-4-2-3-11(14)13(12)15-10-6-5-9(7-10)8-16/h2-6,9-10,15-16H,7-8H2,1H3/t9-,10+/m0/s1. The van der Waals surface area contributed by atoms with E-state index in [2.05, 4.69) is 21.2 Å². The van der Waals surface area contributed by atoms with Crippen LogP contribution in [0.5, 0.6) is 0 Å². The first-order chi connectivity index (χ1) is 8.91. The minimum atomic E-state index is -3.28. The van der Waals surface area contributed by atoms with E-state index in [1.54, 1.807) is 18.2 Å². The first kappa shape index (κ1) is 14.6. The molecule has 0 heterocycles. The van der Waals surface area contributed by atoms with Crippen molar-refractivity contribution in [2.24, 2.45) is 5.92 Å². The molecule has 2 atom stereocenters. The normalized spacial score (nSPS) is 22.7. The summed E-state index contributed by atoms with van der Waals surface area (Å²) in [7, 11) is -3.28. The second-order valence-corrected chi connectivity index (χ2v) is 7.54. The van der Waals surface area contributed by atoms with Gasteiger partial charge in [-0.25, -0.2) is 8.42 Å². The molecule has 0 unspecified atom stereocenters. The van der Waals surface area contributed by atoms with Crippen LogP contribution in [0.1, 0.15) is 6.42 Å². The third-order valence-corrected chi connectivity index (χ3v) is 4.91. The fourth-order valence-electron chi connectivity index (χ4n) is 2.16. The summed E-state index contributed by atoms with van der Waals surface area (Å²) < 4.78 is 24.3. The SMILES string of the molecule is CS(=O)(=O)c1cccc(Br)c1N[C@@H]1C=C[C@H](CO)C1. The number of hydrogen-bond donors (Lipinski definition) is 2. The van der Waals surface area contributed by atoms with Crippen LogP contribution in [0.25, 0.3) is 0 Å². The second-order valence-electron chi connectivity index (χ2n) is 4.70. The van der Waals surface area contributed by atoms with Crippen molar-refractivity contribution in [3.05, 3.63) is 34.8 Å². The Morgan fingerprint density at radius 1 is 1.42 bits per heavy atom. The molecule has 6 heteroatoms. The van der Waals surface area contributed by atoms with E-state index >= 15 is 0 Å². The molecular formula is C13H16BrNO3S. The van der Waals surface area contributed by atoms with Gasteiger partial charge in [0.25, 0.3) is 0 Å². The number of rotatable bonds is 4. The van der Waals surface area contributed by atoms with E-state index in [1.807, 2.05) is 12.2 Å². The van der Waals surface area contributed by atoms with Crippen molar-refractivity contribution in [1.29, 1.82) is 0 Å². The summed E-state index contributed by atoms with van der Waals surface area (Å²) in [6.45, 7) is 0.115. The molecule has 104 valence electrons. The summed E-state index contributed by atoms with van der Waals surface area (Å²) in [6, 6.07) is 5.13. The molecule has 19 heavy (non-hydrogen) atoms. The van der Waals surface area contributed by atoms with E-state index in [9.17, 15) is 8.42 Å². The number of aliphatic hydroxyl groups excluding tert-OH is 1. The van der Waals surface area contributed by atoms with E-state index in [4.69, 9.17) is 5.11 Å². The molecule has 0 fully saturated rings. The summed E-state index contributed by atoms with van der Waals surface area (Å²) in [5.41, 5.74) is 0.582. The predicted octanol–water partition coefficient (Wildman–Crippen LogP) is 2.20. The highest BCUT2D eigenvalue weighted by atomic mass is 79.9. The van der Waals surface area contributed by atoms with Gasteiger partial charge < -0.3 is 10.4 Å². The number of nitrogens with one attached hydrogen (secondary N) is 1. The van der Waals surface area contributed by atoms with Crippen molar-refractivity contribution in [3.8, 4) is 0 Å². The van der Waals surface area contributed by atoms with Gasteiger partial charge in [-0.2, -0.15) is 0 Å². The largest absolute Gasteiger partial charge is 0.396 e. The fourth-order valence-corrected chi connectivity index (χ4v) is 3.63. The lowest BCUT2D eigenvalue weighted by Gasteiger charge is -2.18. The summed E-state index contributed by atoms with van der Waals surface area (Å²) >= 11 is 3.38. The molecule has 0 saturated heterocycles. The van der Waals surface area contributed by atoms with Gasteiger partial charge in [0, 0.05) is 29.3 Å². The topological polar surface area (TPSA) is 66.4 Å². The Bertz CT molecular complexity index is 598. The van der Waals surface area contributed by atoms with Gasteiger partial charge in [0.2, 0.25) is 0 Å². The van der Waals surface area contributed by atoms with Gasteiger partial charge in [-0.1, -0.05) is 18.2 Å². The molecule has 0 amide bonds. The lowest BCUT2D eigenvalue weighted by atomic mass is 10.1. The minimum Gasteiger partial charge on any atom is -0.396 e. The first-order valence-electron chi connectivity index (χ1n) is 5.96. The molecular weight excluding hydrogens is 330 g/mol. The number of sulfone groups is 1. The predicted molar refractivity (Wildman–Crippen MR) is 79.0 cm³/mol. The summed E-state index contributed by atoms with van der Waals surface area (Å²) in [5.74, 6) is 0.140. The maximum Gasteiger partial charge on any atom is 0.177 e. The monoisotopic (exact) mass is 345 g/mol. The van der Waals surface area contributed by atoms with Crippen molar-refractivity contribution in [1.82, 2.24) is 0 Å². The number of anilines is 1. The smallest absolute Gasteiger partial charge is 0.177 e. The van der Waals surface area contributed by atoms with Crippen LogP contribution in [-0.4, -0.2) is 32.4 Å². The number of aliphatic hydroxyl groups is 1. The molecule has 2 N–H and O–H groups in total. The first-order valence-corrected chi connectivity index (χ1v) is 8.64. The molecule has 1 aromatic carbocycles. The molecule has 0 radical (unpaired) electrons. The highest BCUT2D eigenvalue weighted by Gasteiger charge is 2.22. The van der Waals surface area contributed by atoms with Crippen LogP contribution in [0.4, 0.5) is 5.69 Å². The van der Waals surface area contributed by atoms with Gasteiger partial charge >= 0.3 is 0 Å². The number of hydrogen-bond acceptors (Lipinski definition) is 4. The van der Waals surface area contributed by atoms with E-state index in [0.717, 1.165) is 10.9 Å². The summed E-state index contributed by atoms with van der Waals surface area (Å²) in [5, 5.41) is 12.3. The lowest BCUT2D eigenvalue weighted by Crippen LogP contribution is -2.18. The molecule has 1 aromatic rings. The number of para-hydroxylation sites is 1. The highest BCUT2D eigenvalue weighted by Crippen LogP contribution is 2.32. The van der Waals surface area contributed by atoms with Crippen LogP contribution >= 0.6 is 15.9 Å². The maximum absolute atomic E-state index is 11.8. The molecule has 0 aromatic heterocycles. The molecule has 2 rings (SSSR count). The number of halogens is 1. The quantitative estimate of drug-likeness (QED) is 0.821. The molecule has 0 aliphatic heterocycles. The zero-order valence-electron chi connectivity index (χ0n) is 10.5. The van der Waals surface area contributed by atoms with Gasteiger partial charge in [0.1, 0.15) is 0 Å².